The van der Waals surface area contributed by atoms with Crippen molar-refractivity contribution >= 4 is 38.6 Å². The summed E-state index contributed by atoms with van der Waals surface area (Å²) in [7, 11) is 0. The van der Waals surface area contributed by atoms with E-state index in [1.807, 2.05) is 24.5 Å². The molecule has 3 aromatic carbocycles. The highest BCUT2D eigenvalue weighted by atomic mass is 17.2. The van der Waals surface area contributed by atoms with Gasteiger partial charge in [0.25, 0.3) is 0 Å². The molecule has 394 valence electrons. The fourth-order valence-electron chi connectivity index (χ4n) is 15.0. The van der Waals surface area contributed by atoms with Crippen LogP contribution in [0.3, 0.4) is 0 Å². The van der Waals surface area contributed by atoms with Crippen LogP contribution in [0, 0.1) is 36.5 Å². The van der Waals surface area contributed by atoms with E-state index < -0.39 is 55.3 Å². The molecule has 12 atom stereocenters. The van der Waals surface area contributed by atoms with Gasteiger partial charge in [-0.3, -0.25) is 9.59 Å². The Kier molecular flexibility index (Phi) is 12.4. The number of benzene rings is 3. The number of H-pyrrole nitrogens is 1. The molecule has 0 unspecified atom stereocenters. The first kappa shape index (κ1) is 49.4. The van der Waals surface area contributed by atoms with Crippen LogP contribution in [0.1, 0.15) is 93.7 Å². The molecule has 5 fully saturated rings. The average Bonchev–Trinajstić information content (AvgIpc) is 4.21. The maximum absolute atomic E-state index is 14.2. The smallest absolute Gasteiger partial charge is 0.220 e. The molecule has 17 heteroatoms. The summed E-state index contributed by atoms with van der Waals surface area (Å²) in [6.45, 7) is 2.72. The summed E-state index contributed by atoms with van der Waals surface area (Å²) in [5.41, 5.74) is 0.118. The molecule has 3 aliphatic heterocycles. The van der Waals surface area contributed by atoms with Gasteiger partial charge in [-0.1, -0.05) is 25.8 Å². The van der Waals surface area contributed by atoms with E-state index in [0.717, 1.165) is 68.0 Å². The molecule has 10 N–H and O–H groups in total. The lowest BCUT2D eigenvalue weighted by molar-refractivity contribution is -0.382. The minimum Gasteiger partial charge on any atom is -0.508 e. The van der Waals surface area contributed by atoms with E-state index in [0.29, 0.717) is 87.7 Å². The zero-order valence-corrected chi connectivity index (χ0v) is 41.9. The Labute approximate surface area is 427 Å². The molecule has 12 rings (SSSR count). The molecular weight excluding hydrogens is 949 g/mol. The Morgan fingerprint density at radius 2 is 1.76 bits per heavy atom. The number of nitrogens with zero attached hydrogens (tertiary/aromatic N) is 1. The number of aromatic amines is 1. The number of hydrogen-bond donors (Lipinski definition) is 10. The SMILES string of the molecule is CCc1c2cc[nH]c2cn1-c1c2c(cc3c(=O)cc(C)oc13)C[C@@H](OOC[C@@](O)(Cc1ccc(O)c3ccc(O)cc13)[C@@H](O)[C@H](O)[C@H](O)CO)[C@@]1(C[C@@H]([C@H]3CNC(=O)C3)[C@H]3C[C@@H]4CCC5(CCCC5)N[C@H]4[C@@H]1C3)O2. The van der Waals surface area contributed by atoms with Crippen molar-refractivity contribution in [1.29, 1.82) is 0 Å². The lowest BCUT2D eigenvalue weighted by Crippen LogP contribution is -2.72. The number of piperidine rings is 1. The number of phenolic OH excluding ortho intramolecular Hbond substituents is 2. The lowest BCUT2D eigenvalue weighted by atomic mass is 9.50. The molecule has 6 aliphatic rings. The first-order valence-electron chi connectivity index (χ1n) is 26.7. The number of aromatic hydroxyl groups is 2. The van der Waals surface area contributed by atoms with Crippen LogP contribution >= 0.6 is 0 Å². The molecule has 0 radical (unpaired) electrons. The maximum atomic E-state index is 14.2. The number of carbonyl (C=O) groups excluding carboxylic acids is 1. The number of hydrogen-bond acceptors (Lipinski definition) is 14. The highest BCUT2D eigenvalue weighted by Crippen LogP contribution is 2.61. The van der Waals surface area contributed by atoms with Gasteiger partial charge in [0.15, 0.2) is 16.8 Å². The summed E-state index contributed by atoms with van der Waals surface area (Å²) in [6.07, 6.45) is 6.75. The van der Waals surface area contributed by atoms with Crippen LogP contribution in [0.15, 0.2) is 70.1 Å². The van der Waals surface area contributed by atoms with Crippen molar-refractivity contribution in [3.05, 3.63) is 93.7 Å². The lowest BCUT2D eigenvalue weighted by Gasteiger charge is -2.63. The largest absolute Gasteiger partial charge is 0.508 e. The van der Waals surface area contributed by atoms with Crippen LogP contribution in [0.4, 0.5) is 0 Å². The number of fused-ring (bicyclic) bond motifs is 9. The van der Waals surface area contributed by atoms with Gasteiger partial charge in [-0.25, -0.2) is 9.78 Å². The topological polar surface area (TPSA) is 261 Å². The van der Waals surface area contributed by atoms with E-state index in [1.165, 1.54) is 36.4 Å². The predicted molar refractivity (Wildman–Crippen MR) is 273 cm³/mol. The summed E-state index contributed by atoms with van der Waals surface area (Å²) < 4.78 is 16.7. The summed E-state index contributed by atoms with van der Waals surface area (Å²) in [6, 6.07) is 12.7. The number of rotatable bonds is 13. The molecule has 1 amide bonds. The van der Waals surface area contributed by atoms with Crippen molar-refractivity contribution in [2.24, 2.45) is 29.6 Å². The van der Waals surface area contributed by atoms with E-state index in [2.05, 4.69) is 27.1 Å². The monoisotopic (exact) mass is 1020 g/mol. The van der Waals surface area contributed by atoms with Gasteiger partial charge in [0.05, 0.1) is 17.5 Å². The molecular formula is C57H68N4O13. The quantitative estimate of drug-likeness (QED) is 0.0513. The van der Waals surface area contributed by atoms with Gasteiger partial charge in [0.2, 0.25) is 5.91 Å². The fraction of sp³-hybridized carbons (Fsp3) is 0.544. The normalized spacial score (nSPS) is 29.3. The molecule has 3 saturated carbocycles. The van der Waals surface area contributed by atoms with Crippen molar-refractivity contribution in [3.63, 3.8) is 0 Å². The first-order valence-corrected chi connectivity index (χ1v) is 26.7. The molecule has 6 aromatic rings. The van der Waals surface area contributed by atoms with Gasteiger partial charge in [-0.2, -0.15) is 0 Å². The zero-order chi connectivity index (χ0) is 51.4. The van der Waals surface area contributed by atoms with Crippen LogP contribution in [0.2, 0.25) is 0 Å². The number of nitrogens with one attached hydrogen (secondary N) is 3. The van der Waals surface area contributed by atoms with E-state index in [9.17, 15) is 45.3 Å². The zero-order valence-electron chi connectivity index (χ0n) is 41.9. The highest BCUT2D eigenvalue weighted by Gasteiger charge is 2.65. The van der Waals surface area contributed by atoms with Crippen molar-refractivity contribution < 1.29 is 59.5 Å². The third-order valence-electron chi connectivity index (χ3n) is 18.7. The van der Waals surface area contributed by atoms with Gasteiger partial charge in [-0.05, 0) is 129 Å². The molecule has 17 nitrogen and oxygen atoms in total. The second-order valence-corrected chi connectivity index (χ2v) is 22.9. The Bertz CT molecular complexity index is 3200. The van der Waals surface area contributed by atoms with Gasteiger partial charge in [0, 0.05) is 83.8 Å². The van der Waals surface area contributed by atoms with Crippen LogP contribution < -0.4 is 20.8 Å². The molecule has 2 saturated heterocycles. The molecule has 2 spiro atoms. The molecule has 74 heavy (non-hydrogen) atoms. The number of aryl methyl sites for hydroxylation is 2. The summed E-state index contributed by atoms with van der Waals surface area (Å²) in [5.74, 6) is 1.35. The summed E-state index contributed by atoms with van der Waals surface area (Å²) in [4.78, 5) is 43.8. The maximum Gasteiger partial charge on any atom is 0.220 e. The number of aliphatic hydroxyl groups excluding tert-OH is 4. The minimum atomic E-state index is -2.43. The van der Waals surface area contributed by atoms with Crippen molar-refractivity contribution in [2.45, 2.75) is 145 Å². The standard InChI is InChI=1S/C57H68N4O13/c1-3-43-37-11-15-58-42(37)26-61(43)50-52-33(18-39-45(65)16-29(2)72-53(39)50)20-47(74-71-28-56(70,54(69)51(68)46(66)27-62)23-31-6-9-44(64)36-8-7-35(63)22-38(31)36)57(73-52)24-40(34-21-48(67)59-25-34)32-17-30-10-14-55(12-4-5-13-55)60-49(30)41(57)19-32/h6-9,11,15-16,18,22,26,30,32,34,40-41,46-47,49,51,54,58,60,62-64,66,68-70H,3-5,10,12-14,17,19-21,23-25,27-28H2,1-2H3,(H,59,67)/t30-,32-,34+,40+,41-,46+,47+,49+,51+,54-,56-,57-/m0/s1. The Morgan fingerprint density at radius 3 is 2.53 bits per heavy atom. The fourth-order valence-corrected chi connectivity index (χ4v) is 15.0. The Hall–Kier alpha value is -5.50. The third-order valence-corrected chi connectivity index (χ3v) is 18.7. The molecule has 2 bridgehead atoms. The van der Waals surface area contributed by atoms with Gasteiger partial charge < -0.3 is 65.1 Å². The summed E-state index contributed by atoms with van der Waals surface area (Å²) in [5, 5.41) is 87.1. The predicted octanol–water partition coefficient (Wildman–Crippen LogP) is 5.40. The molecule has 3 aliphatic carbocycles. The number of carbonyl (C=O) groups is 1. The van der Waals surface area contributed by atoms with Gasteiger partial charge in [-0.15, -0.1) is 0 Å². The van der Waals surface area contributed by atoms with Crippen molar-refractivity contribution in [2.75, 3.05) is 19.8 Å². The van der Waals surface area contributed by atoms with Crippen LogP contribution in [-0.2, 0) is 33.8 Å². The number of ether oxygens (including phenoxy) is 1. The molecule has 6 heterocycles. The van der Waals surface area contributed by atoms with E-state index in [4.69, 9.17) is 18.9 Å². The second kappa shape index (κ2) is 18.7. The van der Waals surface area contributed by atoms with E-state index >= 15 is 0 Å². The van der Waals surface area contributed by atoms with Crippen LogP contribution in [0.25, 0.3) is 38.3 Å². The van der Waals surface area contributed by atoms with Crippen molar-refractivity contribution in [1.82, 2.24) is 20.2 Å². The number of aromatic nitrogens is 2. The average molecular weight is 1020 g/mol. The number of aliphatic hydroxyl groups is 5. The third kappa shape index (κ3) is 8.12. The van der Waals surface area contributed by atoms with E-state index in [1.54, 1.807) is 6.92 Å². The Balaban J connectivity index is 1.01. The van der Waals surface area contributed by atoms with Crippen LogP contribution in [-0.4, -0.2) is 118 Å². The minimum absolute atomic E-state index is 0.000401. The van der Waals surface area contributed by atoms with E-state index in [-0.39, 0.29) is 58.6 Å². The second-order valence-electron chi connectivity index (χ2n) is 22.9. The summed E-state index contributed by atoms with van der Waals surface area (Å²) >= 11 is 0. The molecule has 3 aromatic heterocycles. The van der Waals surface area contributed by atoms with Crippen molar-refractivity contribution in [3.8, 4) is 22.9 Å². The number of amides is 1. The van der Waals surface area contributed by atoms with Gasteiger partial charge in [0.1, 0.15) is 65.2 Å². The van der Waals surface area contributed by atoms with Crippen LogP contribution in [0.5, 0.6) is 17.2 Å². The number of phenols is 2. The Morgan fingerprint density at radius 1 is 0.932 bits per heavy atom. The highest BCUT2D eigenvalue weighted by molar-refractivity contribution is 5.93. The van der Waals surface area contributed by atoms with Gasteiger partial charge >= 0.3 is 0 Å². The first-order chi connectivity index (χ1) is 35.6.